The van der Waals surface area contributed by atoms with Crippen molar-refractivity contribution in [2.24, 2.45) is 11.8 Å². The van der Waals surface area contributed by atoms with Crippen molar-refractivity contribution in [1.82, 2.24) is 19.9 Å². The molecule has 2 saturated heterocycles. The standard InChI is InChI=1S/C19H25N5OS/c1-12-22-15(10-26-12)18(25)24-8-13-6-23(7-14(13)9-24)17-5-16(19(2,3)4)20-11-21-17/h5,10-11,13-14H,6-9H2,1-4H3. The van der Waals surface area contributed by atoms with E-state index >= 15 is 0 Å². The summed E-state index contributed by atoms with van der Waals surface area (Å²) in [6, 6.07) is 2.11. The van der Waals surface area contributed by atoms with Gasteiger partial charge in [0, 0.05) is 54.9 Å². The highest BCUT2D eigenvalue weighted by molar-refractivity contribution is 7.09. The zero-order chi connectivity index (χ0) is 18.5. The fraction of sp³-hybridized carbons (Fsp3) is 0.579. The van der Waals surface area contributed by atoms with Crippen LogP contribution < -0.4 is 4.90 Å². The van der Waals surface area contributed by atoms with Crippen molar-refractivity contribution in [3.8, 4) is 0 Å². The maximum Gasteiger partial charge on any atom is 0.273 e. The third-order valence-corrected chi connectivity index (χ3v) is 6.13. The lowest BCUT2D eigenvalue weighted by atomic mass is 9.92. The van der Waals surface area contributed by atoms with Crippen LogP contribution in [0.15, 0.2) is 17.8 Å². The Labute approximate surface area is 158 Å². The Kier molecular flexibility index (Phi) is 4.22. The maximum absolute atomic E-state index is 12.6. The van der Waals surface area contributed by atoms with Crippen LogP contribution in [-0.2, 0) is 5.41 Å². The molecule has 4 heterocycles. The second kappa shape index (κ2) is 6.30. The SMILES string of the molecule is Cc1nc(C(=O)N2CC3CN(c4cc(C(C)(C)C)ncn4)CC3C2)cs1. The van der Waals surface area contributed by atoms with Crippen molar-refractivity contribution in [3.05, 3.63) is 34.2 Å². The minimum Gasteiger partial charge on any atom is -0.356 e. The molecule has 2 aliphatic heterocycles. The van der Waals surface area contributed by atoms with E-state index in [1.165, 1.54) is 11.3 Å². The molecule has 0 bridgehead atoms. The Morgan fingerprint density at radius 1 is 1.15 bits per heavy atom. The number of thiazole rings is 1. The third-order valence-electron chi connectivity index (χ3n) is 5.36. The van der Waals surface area contributed by atoms with E-state index in [9.17, 15) is 4.79 Å². The number of fused-ring (bicyclic) bond motifs is 1. The molecule has 2 aromatic heterocycles. The largest absolute Gasteiger partial charge is 0.356 e. The summed E-state index contributed by atoms with van der Waals surface area (Å²) in [7, 11) is 0. The summed E-state index contributed by atoms with van der Waals surface area (Å²) in [6.45, 7) is 12.0. The van der Waals surface area contributed by atoms with Gasteiger partial charge in [-0.1, -0.05) is 20.8 Å². The average Bonchev–Trinajstić information content (AvgIpc) is 3.27. The van der Waals surface area contributed by atoms with Gasteiger partial charge in [-0.2, -0.15) is 0 Å². The normalized spacial score (nSPS) is 22.8. The van der Waals surface area contributed by atoms with Crippen LogP contribution in [0.4, 0.5) is 5.82 Å². The van der Waals surface area contributed by atoms with E-state index in [-0.39, 0.29) is 11.3 Å². The van der Waals surface area contributed by atoms with Crippen LogP contribution in [0.3, 0.4) is 0 Å². The van der Waals surface area contributed by atoms with Gasteiger partial charge in [-0.15, -0.1) is 11.3 Å². The van der Waals surface area contributed by atoms with E-state index in [4.69, 9.17) is 0 Å². The van der Waals surface area contributed by atoms with Gasteiger partial charge in [-0.05, 0) is 6.92 Å². The number of hydrogen-bond donors (Lipinski definition) is 0. The van der Waals surface area contributed by atoms with Gasteiger partial charge in [0.1, 0.15) is 17.8 Å². The number of aryl methyl sites for hydroxylation is 1. The fourth-order valence-electron chi connectivity index (χ4n) is 3.90. The molecule has 26 heavy (non-hydrogen) atoms. The van der Waals surface area contributed by atoms with Crippen molar-refractivity contribution in [3.63, 3.8) is 0 Å². The second-order valence-corrected chi connectivity index (χ2v) is 9.46. The van der Waals surface area contributed by atoms with Gasteiger partial charge < -0.3 is 9.80 Å². The van der Waals surface area contributed by atoms with Gasteiger partial charge in [-0.25, -0.2) is 15.0 Å². The predicted molar refractivity (Wildman–Crippen MR) is 103 cm³/mol. The number of aromatic nitrogens is 3. The number of likely N-dealkylation sites (tertiary alicyclic amines) is 1. The highest BCUT2D eigenvalue weighted by atomic mass is 32.1. The zero-order valence-corrected chi connectivity index (χ0v) is 16.6. The molecule has 2 unspecified atom stereocenters. The van der Waals surface area contributed by atoms with E-state index < -0.39 is 0 Å². The molecule has 0 saturated carbocycles. The van der Waals surface area contributed by atoms with Gasteiger partial charge in [-0.3, -0.25) is 4.79 Å². The number of hydrogen-bond acceptors (Lipinski definition) is 6. The van der Waals surface area contributed by atoms with Crippen LogP contribution in [-0.4, -0.2) is 51.9 Å². The third kappa shape index (κ3) is 3.20. The molecular formula is C19H25N5OS. The monoisotopic (exact) mass is 371 g/mol. The Morgan fingerprint density at radius 3 is 2.42 bits per heavy atom. The van der Waals surface area contributed by atoms with Crippen molar-refractivity contribution < 1.29 is 4.79 Å². The minimum atomic E-state index is 0.0160. The van der Waals surface area contributed by atoms with Gasteiger partial charge in [0.05, 0.1) is 10.7 Å². The summed E-state index contributed by atoms with van der Waals surface area (Å²) >= 11 is 1.53. The maximum atomic E-state index is 12.6. The molecule has 1 amide bonds. The predicted octanol–water partition coefficient (Wildman–Crippen LogP) is 2.75. The van der Waals surface area contributed by atoms with Gasteiger partial charge in [0.15, 0.2) is 0 Å². The number of anilines is 1. The summed E-state index contributed by atoms with van der Waals surface area (Å²) in [6.07, 6.45) is 1.67. The fourth-order valence-corrected chi connectivity index (χ4v) is 4.49. The molecule has 2 aliphatic rings. The van der Waals surface area contributed by atoms with Crippen LogP contribution in [0, 0.1) is 18.8 Å². The molecule has 0 aliphatic carbocycles. The summed E-state index contributed by atoms with van der Waals surface area (Å²) in [5.74, 6) is 2.10. The molecule has 0 radical (unpaired) electrons. The number of carbonyl (C=O) groups excluding carboxylic acids is 1. The smallest absolute Gasteiger partial charge is 0.273 e. The first-order chi connectivity index (χ1) is 12.3. The van der Waals surface area contributed by atoms with E-state index in [1.807, 2.05) is 17.2 Å². The number of carbonyl (C=O) groups is 1. The van der Waals surface area contributed by atoms with E-state index in [2.05, 4.69) is 46.7 Å². The van der Waals surface area contributed by atoms with Crippen LogP contribution >= 0.6 is 11.3 Å². The Hall–Kier alpha value is -2.02. The summed E-state index contributed by atoms with van der Waals surface area (Å²) in [4.78, 5) is 30.2. The number of rotatable bonds is 2. The van der Waals surface area contributed by atoms with Gasteiger partial charge in [0.25, 0.3) is 5.91 Å². The highest BCUT2D eigenvalue weighted by Gasteiger charge is 2.42. The average molecular weight is 372 g/mol. The Balaban J connectivity index is 1.43. The molecule has 4 rings (SSSR count). The number of amides is 1. The Bertz CT molecular complexity index is 813. The molecule has 0 aromatic carbocycles. The van der Waals surface area contributed by atoms with Crippen molar-refractivity contribution in [2.45, 2.75) is 33.1 Å². The molecule has 2 aromatic rings. The van der Waals surface area contributed by atoms with Crippen molar-refractivity contribution in [1.29, 1.82) is 0 Å². The molecule has 7 heteroatoms. The lowest BCUT2D eigenvalue weighted by Gasteiger charge is -2.24. The van der Waals surface area contributed by atoms with E-state index in [0.29, 0.717) is 17.5 Å². The number of nitrogens with zero attached hydrogens (tertiary/aromatic N) is 5. The molecule has 138 valence electrons. The van der Waals surface area contributed by atoms with E-state index in [0.717, 1.165) is 42.7 Å². The first-order valence-electron chi connectivity index (χ1n) is 9.10. The van der Waals surface area contributed by atoms with Crippen LogP contribution in [0.2, 0.25) is 0 Å². The van der Waals surface area contributed by atoms with Crippen LogP contribution in [0.5, 0.6) is 0 Å². The zero-order valence-electron chi connectivity index (χ0n) is 15.8. The lowest BCUT2D eigenvalue weighted by Crippen LogP contribution is -2.33. The minimum absolute atomic E-state index is 0.0160. The first-order valence-corrected chi connectivity index (χ1v) is 9.98. The highest BCUT2D eigenvalue weighted by Crippen LogP contribution is 2.34. The molecule has 6 nitrogen and oxygen atoms in total. The van der Waals surface area contributed by atoms with Gasteiger partial charge in [0.2, 0.25) is 0 Å². The van der Waals surface area contributed by atoms with Crippen LogP contribution in [0.25, 0.3) is 0 Å². The molecular weight excluding hydrogens is 346 g/mol. The molecule has 2 fully saturated rings. The molecule has 0 N–H and O–H groups in total. The van der Waals surface area contributed by atoms with Crippen molar-refractivity contribution >= 4 is 23.1 Å². The van der Waals surface area contributed by atoms with E-state index in [1.54, 1.807) is 6.33 Å². The first kappa shape index (κ1) is 17.4. The molecule has 2 atom stereocenters. The second-order valence-electron chi connectivity index (χ2n) is 8.40. The Morgan fingerprint density at radius 2 is 1.85 bits per heavy atom. The van der Waals surface area contributed by atoms with Crippen molar-refractivity contribution in [2.75, 3.05) is 31.1 Å². The summed E-state index contributed by atoms with van der Waals surface area (Å²) in [5.41, 5.74) is 1.67. The topological polar surface area (TPSA) is 62.2 Å². The summed E-state index contributed by atoms with van der Waals surface area (Å²) < 4.78 is 0. The summed E-state index contributed by atoms with van der Waals surface area (Å²) in [5, 5.41) is 2.81. The quantitative estimate of drug-likeness (QED) is 0.812. The lowest BCUT2D eigenvalue weighted by molar-refractivity contribution is 0.0777. The van der Waals surface area contributed by atoms with Gasteiger partial charge >= 0.3 is 0 Å². The van der Waals surface area contributed by atoms with Crippen LogP contribution in [0.1, 0.15) is 42.0 Å². The molecule has 0 spiro atoms.